The Kier molecular flexibility index (Phi) is 5.28. The highest BCUT2D eigenvalue weighted by atomic mass is 15.4. The molecule has 0 aromatic carbocycles. The molecule has 0 amide bonds. The number of hydrogen-bond acceptors (Lipinski definition) is 4. The fourth-order valence-corrected chi connectivity index (χ4v) is 2.89. The van der Waals surface area contributed by atoms with Crippen LogP contribution in [0.2, 0.25) is 0 Å². The van der Waals surface area contributed by atoms with Crippen molar-refractivity contribution in [3.63, 3.8) is 0 Å². The summed E-state index contributed by atoms with van der Waals surface area (Å²) in [5.74, 6) is 0. The smallest absolute Gasteiger partial charge is 0.0771 e. The van der Waals surface area contributed by atoms with Gasteiger partial charge in [-0.15, -0.1) is 5.10 Å². The molecule has 5 nitrogen and oxygen atoms in total. The van der Waals surface area contributed by atoms with E-state index in [1.54, 1.807) is 0 Å². The highest BCUT2D eigenvalue weighted by Gasteiger charge is 2.38. The van der Waals surface area contributed by atoms with Crippen LogP contribution in [0.1, 0.15) is 45.9 Å². The van der Waals surface area contributed by atoms with Crippen molar-refractivity contribution in [2.45, 2.75) is 45.7 Å². The second kappa shape index (κ2) is 6.29. The molecule has 0 aliphatic heterocycles. The second-order valence-corrected chi connectivity index (χ2v) is 4.89. The summed E-state index contributed by atoms with van der Waals surface area (Å²) in [7, 11) is 3.96. The molecule has 1 N–H and O–H groups in total. The molecule has 2 atom stereocenters. The maximum Gasteiger partial charge on any atom is 0.0771 e. The standard InChI is InChI=1S/C13H27N5/c1-7-13(4,18(8-2)9-3)12(14-5)11-10-15-16-17(11)6/h10,12,14H,7-9H2,1-6H3. The molecule has 1 rings (SSSR count). The van der Waals surface area contributed by atoms with Gasteiger partial charge in [-0.25, -0.2) is 0 Å². The Hall–Kier alpha value is -0.940. The maximum atomic E-state index is 4.05. The summed E-state index contributed by atoms with van der Waals surface area (Å²) < 4.78 is 1.86. The Balaban J connectivity index is 3.14. The molecular formula is C13H27N5. The van der Waals surface area contributed by atoms with Crippen LogP contribution in [0, 0.1) is 0 Å². The van der Waals surface area contributed by atoms with E-state index in [2.05, 4.69) is 48.2 Å². The summed E-state index contributed by atoms with van der Waals surface area (Å²) in [4.78, 5) is 2.50. The summed E-state index contributed by atoms with van der Waals surface area (Å²) >= 11 is 0. The third-order valence-corrected chi connectivity index (χ3v) is 4.16. The molecule has 1 heterocycles. The molecule has 2 unspecified atom stereocenters. The Morgan fingerprint density at radius 3 is 2.33 bits per heavy atom. The number of nitrogens with one attached hydrogen (secondary N) is 1. The van der Waals surface area contributed by atoms with Crippen LogP contribution in [-0.4, -0.2) is 45.6 Å². The normalized spacial score (nSPS) is 16.8. The zero-order valence-corrected chi connectivity index (χ0v) is 12.6. The molecule has 104 valence electrons. The molecule has 0 spiro atoms. The van der Waals surface area contributed by atoms with Crippen LogP contribution in [0.5, 0.6) is 0 Å². The van der Waals surface area contributed by atoms with Gasteiger partial charge in [0.25, 0.3) is 0 Å². The summed E-state index contributed by atoms with van der Waals surface area (Å²) in [6.07, 6.45) is 2.93. The summed E-state index contributed by atoms with van der Waals surface area (Å²) in [6.45, 7) is 11.1. The predicted molar refractivity (Wildman–Crippen MR) is 74.4 cm³/mol. The molecule has 0 aliphatic rings. The first-order valence-electron chi connectivity index (χ1n) is 6.81. The van der Waals surface area contributed by atoms with Crippen molar-refractivity contribution in [2.75, 3.05) is 20.1 Å². The molecule has 5 heteroatoms. The van der Waals surface area contributed by atoms with E-state index in [1.165, 1.54) is 0 Å². The molecule has 0 saturated heterocycles. The fraction of sp³-hybridized carbons (Fsp3) is 0.846. The number of rotatable bonds is 7. The van der Waals surface area contributed by atoms with Gasteiger partial charge in [0.1, 0.15) is 0 Å². The molecule has 0 bridgehead atoms. The number of hydrogen-bond donors (Lipinski definition) is 1. The Labute approximate surface area is 111 Å². The molecule has 0 radical (unpaired) electrons. The molecule has 1 aromatic heterocycles. The Morgan fingerprint density at radius 1 is 1.39 bits per heavy atom. The highest BCUT2D eigenvalue weighted by molar-refractivity contribution is 5.11. The van der Waals surface area contributed by atoms with Crippen molar-refractivity contribution in [3.8, 4) is 0 Å². The van der Waals surface area contributed by atoms with Crippen molar-refractivity contribution in [2.24, 2.45) is 7.05 Å². The van der Waals surface area contributed by atoms with E-state index in [0.29, 0.717) is 0 Å². The van der Waals surface area contributed by atoms with Crippen molar-refractivity contribution in [3.05, 3.63) is 11.9 Å². The SMILES string of the molecule is CCN(CC)C(C)(CC)C(NC)c1cnnn1C. The van der Waals surface area contributed by atoms with E-state index >= 15 is 0 Å². The number of nitrogens with zero attached hydrogens (tertiary/aromatic N) is 4. The van der Waals surface area contributed by atoms with Crippen molar-refractivity contribution in [1.82, 2.24) is 25.2 Å². The maximum absolute atomic E-state index is 4.05. The fourth-order valence-electron chi connectivity index (χ4n) is 2.89. The number of aryl methyl sites for hydroxylation is 1. The summed E-state index contributed by atoms with van der Waals surface area (Å²) in [5.41, 5.74) is 1.20. The molecule has 18 heavy (non-hydrogen) atoms. The minimum Gasteiger partial charge on any atom is -0.310 e. The van der Waals surface area contributed by atoms with Gasteiger partial charge in [-0.05, 0) is 33.5 Å². The van der Waals surface area contributed by atoms with Crippen LogP contribution in [0.3, 0.4) is 0 Å². The topological polar surface area (TPSA) is 46.0 Å². The van der Waals surface area contributed by atoms with Gasteiger partial charge < -0.3 is 5.32 Å². The lowest BCUT2D eigenvalue weighted by molar-refractivity contribution is 0.0698. The van der Waals surface area contributed by atoms with Gasteiger partial charge in [0.05, 0.1) is 17.9 Å². The van der Waals surface area contributed by atoms with E-state index in [9.17, 15) is 0 Å². The molecule has 0 aliphatic carbocycles. The number of likely N-dealkylation sites (N-methyl/N-ethyl adjacent to an activating group) is 2. The van der Waals surface area contributed by atoms with Crippen molar-refractivity contribution >= 4 is 0 Å². The zero-order valence-electron chi connectivity index (χ0n) is 12.6. The monoisotopic (exact) mass is 253 g/mol. The van der Waals surface area contributed by atoms with Crippen LogP contribution in [0.15, 0.2) is 6.20 Å². The van der Waals surface area contributed by atoms with Gasteiger partial charge in [-0.3, -0.25) is 9.58 Å². The van der Waals surface area contributed by atoms with E-state index in [4.69, 9.17) is 0 Å². The first-order valence-corrected chi connectivity index (χ1v) is 6.81. The zero-order chi connectivity index (χ0) is 13.8. The Bertz CT molecular complexity index is 358. The predicted octanol–water partition coefficient (Wildman–Crippen LogP) is 1.59. The van der Waals surface area contributed by atoms with Crippen LogP contribution in [-0.2, 0) is 7.05 Å². The molecular weight excluding hydrogens is 226 g/mol. The van der Waals surface area contributed by atoms with Gasteiger partial charge >= 0.3 is 0 Å². The second-order valence-electron chi connectivity index (χ2n) is 4.89. The average molecular weight is 253 g/mol. The first-order chi connectivity index (χ1) is 8.54. The average Bonchev–Trinajstić information content (AvgIpc) is 2.78. The summed E-state index contributed by atoms with van der Waals surface area (Å²) in [6, 6.07) is 0.224. The molecule has 0 saturated carbocycles. The van der Waals surface area contributed by atoms with Crippen LogP contribution < -0.4 is 5.32 Å². The van der Waals surface area contributed by atoms with Gasteiger partial charge in [-0.2, -0.15) is 0 Å². The molecule has 1 aromatic rings. The summed E-state index contributed by atoms with van der Waals surface area (Å²) in [5, 5.41) is 11.5. The van der Waals surface area contributed by atoms with Gasteiger partial charge in [-0.1, -0.05) is 26.0 Å². The van der Waals surface area contributed by atoms with Crippen molar-refractivity contribution < 1.29 is 0 Å². The molecule has 0 fully saturated rings. The van der Waals surface area contributed by atoms with Crippen molar-refractivity contribution in [1.29, 1.82) is 0 Å². The third kappa shape index (κ3) is 2.57. The minimum atomic E-state index is 0.0632. The van der Waals surface area contributed by atoms with E-state index < -0.39 is 0 Å². The number of aromatic nitrogens is 3. The van der Waals surface area contributed by atoms with Gasteiger partial charge in [0, 0.05) is 12.6 Å². The first kappa shape index (κ1) is 15.1. The van der Waals surface area contributed by atoms with Gasteiger partial charge in [0.15, 0.2) is 0 Å². The third-order valence-electron chi connectivity index (χ3n) is 4.16. The van der Waals surface area contributed by atoms with Crippen LogP contribution >= 0.6 is 0 Å². The highest BCUT2D eigenvalue weighted by Crippen LogP contribution is 2.33. The van der Waals surface area contributed by atoms with Crippen LogP contribution in [0.25, 0.3) is 0 Å². The lowest BCUT2D eigenvalue weighted by atomic mass is 9.85. The minimum absolute atomic E-state index is 0.0632. The lowest BCUT2D eigenvalue weighted by Crippen LogP contribution is -2.54. The van der Waals surface area contributed by atoms with E-state index in [-0.39, 0.29) is 11.6 Å². The van der Waals surface area contributed by atoms with Gasteiger partial charge in [0.2, 0.25) is 0 Å². The lowest BCUT2D eigenvalue weighted by Gasteiger charge is -2.45. The quantitative estimate of drug-likeness (QED) is 0.801. The largest absolute Gasteiger partial charge is 0.310 e. The van der Waals surface area contributed by atoms with E-state index in [1.807, 2.05) is 25.0 Å². The van der Waals surface area contributed by atoms with Crippen LogP contribution in [0.4, 0.5) is 0 Å². The Morgan fingerprint density at radius 2 is 2.00 bits per heavy atom. The van der Waals surface area contributed by atoms with E-state index in [0.717, 1.165) is 25.2 Å².